The first-order valence-corrected chi connectivity index (χ1v) is 27.6. The maximum Gasteiger partial charge on any atom is 0.180 e. The first kappa shape index (κ1) is 37.5. The highest BCUT2D eigenvalue weighted by Crippen LogP contribution is 2.61. The highest BCUT2D eigenvalue weighted by molar-refractivity contribution is 8.56. The molecular weight excluding hydrogens is 814 g/mol. The second-order valence-electron chi connectivity index (χ2n) is 14.2. The molecule has 3 aliphatic heterocycles. The Labute approximate surface area is 351 Å². The molecule has 0 N–H and O–H groups in total. The van der Waals surface area contributed by atoms with Gasteiger partial charge in [-0.3, -0.25) is 0 Å². The molecule has 9 heteroatoms. The molecule has 3 nitrogen and oxygen atoms in total. The van der Waals surface area contributed by atoms with Gasteiger partial charge in [0.05, 0.1) is 0 Å². The Balaban J connectivity index is 0.989. The van der Waals surface area contributed by atoms with Gasteiger partial charge in [-0.2, -0.15) is 0 Å². The van der Waals surface area contributed by atoms with Crippen molar-refractivity contribution in [1.82, 2.24) is 0 Å². The SMILES string of the molecule is Cc1c(CSP2Oc3ccccc3-c3ccccc32)c(C)c(CSP2Oc3ccccc3-c3ccccc32)c(C)c1CSP1Oc2ccccc2-c2ccccc21. The van der Waals surface area contributed by atoms with Gasteiger partial charge in [0, 0.05) is 49.9 Å². The lowest BCUT2D eigenvalue weighted by Crippen LogP contribution is -2.14. The molecule has 7 aromatic rings. The van der Waals surface area contributed by atoms with E-state index in [9.17, 15) is 0 Å². The van der Waals surface area contributed by atoms with Gasteiger partial charge in [0.15, 0.2) is 22.1 Å². The van der Waals surface area contributed by atoms with Gasteiger partial charge >= 0.3 is 0 Å². The van der Waals surface area contributed by atoms with Crippen molar-refractivity contribution in [2.24, 2.45) is 0 Å². The lowest BCUT2D eigenvalue weighted by molar-refractivity contribution is 0.633. The third-order valence-corrected chi connectivity index (χ3v) is 22.2. The van der Waals surface area contributed by atoms with Gasteiger partial charge in [0.1, 0.15) is 17.2 Å². The van der Waals surface area contributed by atoms with Gasteiger partial charge in [-0.15, -0.1) is 0 Å². The normalized spacial score (nSPS) is 17.0. The standard InChI is InChI=1S/C48H39O3P3S3/c1-31-40(28-55-52-46-25-13-7-19-37(46)34-16-4-10-22-43(34)49-52)32(2)42(30-57-54-48-27-15-9-21-39(48)36-18-6-12-24-45(36)51-54)33(3)41(31)29-56-53-47-26-14-8-20-38(47)35-17-5-11-23-44(35)50-53/h4-27H,28-30H2,1-3H3. The predicted octanol–water partition coefficient (Wildman–Crippen LogP) is 14.4. The minimum Gasteiger partial charge on any atom is -0.457 e. The van der Waals surface area contributed by atoms with Gasteiger partial charge in [-0.25, -0.2) is 0 Å². The number of para-hydroxylation sites is 3. The molecule has 10 rings (SSSR count). The van der Waals surface area contributed by atoms with Crippen LogP contribution < -0.4 is 29.5 Å². The van der Waals surface area contributed by atoms with E-state index in [2.05, 4.69) is 166 Å². The minimum absolute atomic E-state index is 0.873. The fraction of sp³-hybridized carbons (Fsp3) is 0.125. The van der Waals surface area contributed by atoms with Gasteiger partial charge in [-0.1, -0.05) is 143 Å². The van der Waals surface area contributed by atoms with Crippen molar-refractivity contribution < 1.29 is 13.6 Å². The van der Waals surface area contributed by atoms with E-state index in [1.807, 2.05) is 34.1 Å². The summed E-state index contributed by atoms with van der Waals surface area (Å²) in [6.45, 7) is 7.04. The Bertz CT molecular complexity index is 2360. The number of rotatable bonds is 9. The van der Waals surface area contributed by atoms with E-state index in [-0.39, 0.29) is 0 Å². The Morgan fingerprint density at radius 1 is 0.333 bits per heavy atom. The summed E-state index contributed by atoms with van der Waals surface area (Å²) < 4.78 is 20.4. The van der Waals surface area contributed by atoms with Crippen LogP contribution in [0.15, 0.2) is 146 Å². The number of hydrogen-bond acceptors (Lipinski definition) is 6. The molecule has 3 atom stereocenters. The molecule has 7 aromatic carbocycles. The van der Waals surface area contributed by atoms with Crippen LogP contribution in [0.5, 0.6) is 17.2 Å². The summed E-state index contributed by atoms with van der Waals surface area (Å²) in [5.41, 5.74) is 15.8. The quantitative estimate of drug-likeness (QED) is 0.134. The largest absolute Gasteiger partial charge is 0.457 e. The van der Waals surface area contributed by atoms with E-state index < -0.39 is 22.1 Å². The summed E-state index contributed by atoms with van der Waals surface area (Å²) in [6, 6.07) is 51.8. The maximum atomic E-state index is 6.81. The minimum atomic E-state index is -0.921. The topological polar surface area (TPSA) is 27.7 Å². The molecule has 0 fully saturated rings. The summed E-state index contributed by atoms with van der Waals surface area (Å²) >= 11 is 5.86. The Morgan fingerprint density at radius 2 is 0.579 bits per heavy atom. The van der Waals surface area contributed by atoms with Crippen molar-refractivity contribution in [3.63, 3.8) is 0 Å². The highest BCUT2D eigenvalue weighted by atomic mass is 32.7. The summed E-state index contributed by atoms with van der Waals surface area (Å²) in [5, 5.41) is 3.91. The maximum absolute atomic E-state index is 6.81. The van der Waals surface area contributed by atoms with E-state index >= 15 is 0 Å². The van der Waals surface area contributed by atoms with E-state index in [0.717, 1.165) is 34.5 Å². The van der Waals surface area contributed by atoms with Crippen LogP contribution in [0.3, 0.4) is 0 Å². The summed E-state index contributed by atoms with van der Waals surface area (Å²) in [6.07, 6.45) is 0. The second-order valence-corrected chi connectivity index (χ2v) is 24.7. The first-order valence-electron chi connectivity index (χ1n) is 19.0. The lowest BCUT2D eigenvalue weighted by Gasteiger charge is -2.30. The van der Waals surface area contributed by atoms with Crippen molar-refractivity contribution in [3.8, 4) is 50.6 Å². The number of fused-ring (bicyclic) bond motifs is 9. The molecule has 0 aliphatic carbocycles. The molecule has 3 aliphatic rings. The predicted molar refractivity (Wildman–Crippen MR) is 252 cm³/mol. The fourth-order valence-electron chi connectivity index (χ4n) is 8.00. The summed E-state index contributed by atoms with van der Waals surface area (Å²) in [4.78, 5) is 0. The highest BCUT2D eigenvalue weighted by Gasteiger charge is 2.32. The Kier molecular flexibility index (Phi) is 10.6. The third-order valence-electron chi connectivity index (χ3n) is 11.1. The molecule has 3 unspecified atom stereocenters. The molecule has 0 saturated heterocycles. The van der Waals surface area contributed by atoms with Crippen LogP contribution >= 0.6 is 56.2 Å². The Morgan fingerprint density at radius 3 is 0.877 bits per heavy atom. The lowest BCUT2D eigenvalue weighted by atomic mass is 9.90. The van der Waals surface area contributed by atoms with Gasteiger partial charge in [0.25, 0.3) is 0 Å². The van der Waals surface area contributed by atoms with Crippen LogP contribution in [-0.4, -0.2) is 0 Å². The van der Waals surface area contributed by atoms with Crippen LogP contribution in [0.1, 0.15) is 33.4 Å². The monoisotopic (exact) mass is 852 g/mol. The zero-order valence-electron chi connectivity index (χ0n) is 31.8. The van der Waals surface area contributed by atoms with Crippen molar-refractivity contribution in [2.45, 2.75) is 38.0 Å². The molecule has 0 radical (unpaired) electrons. The van der Waals surface area contributed by atoms with Crippen LogP contribution in [0, 0.1) is 20.8 Å². The zero-order chi connectivity index (χ0) is 38.5. The smallest absolute Gasteiger partial charge is 0.180 e. The van der Waals surface area contributed by atoms with Gasteiger partial charge in [0.2, 0.25) is 0 Å². The van der Waals surface area contributed by atoms with E-state index in [0.29, 0.717) is 0 Å². The van der Waals surface area contributed by atoms with E-state index in [4.69, 9.17) is 13.6 Å². The van der Waals surface area contributed by atoms with Crippen LogP contribution in [-0.2, 0) is 17.3 Å². The molecule has 0 bridgehead atoms. The van der Waals surface area contributed by atoms with Crippen LogP contribution in [0.2, 0.25) is 0 Å². The first-order chi connectivity index (χ1) is 28.0. The summed E-state index contributed by atoms with van der Waals surface area (Å²) in [5.74, 6) is 5.56. The molecule has 3 heterocycles. The number of hydrogen-bond donors (Lipinski definition) is 0. The summed E-state index contributed by atoms with van der Waals surface area (Å²) in [7, 11) is -2.76. The van der Waals surface area contributed by atoms with Crippen LogP contribution in [0.4, 0.5) is 0 Å². The average Bonchev–Trinajstić information content (AvgIpc) is 3.26. The average molecular weight is 853 g/mol. The zero-order valence-corrected chi connectivity index (χ0v) is 36.9. The van der Waals surface area contributed by atoms with Crippen LogP contribution in [0.25, 0.3) is 33.4 Å². The van der Waals surface area contributed by atoms with Gasteiger partial charge < -0.3 is 13.6 Å². The van der Waals surface area contributed by atoms with Crippen molar-refractivity contribution >= 4 is 72.1 Å². The molecule has 57 heavy (non-hydrogen) atoms. The fourth-order valence-corrected chi connectivity index (χ4v) is 19.8. The Hall–Kier alpha value is -3.72. The van der Waals surface area contributed by atoms with Crippen molar-refractivity contribution in [2.75, 3.05) is 0 Å². The molecular formula is C48H39O3P3S3. The number of benzene rings is 7. The van der Waals surface area contributed by atoms with Gasteiger partial charge in [-0.05, 0) is 107 Å². The van der Waals surface area contributed by atoms with Crippen molar-refractivity contribution in [1.29, 1.82) is 0 Å². The van der Waals surface area contributed by atoms with E-state index in [1.165, 1.54) is 82.7 Å². The third kappa shape index (κ3) is 7.01. The molecule has 0 amide bonds. The van der Waals surface area contributed by atoms with E-state index in [1.54, 1.807) is 0 Å². The molecule has 0 saturated carbocycles. The molecule has 0 spiro atoms. The molecule has 0 aromatic heterocycles. The van der Waals surface area contributed by atoms with Crippen molar-refractivity contribution in [3.05, 3.63) is 179 Å². The second kappa shape index (κ2) is 16.1. The molecule has 282 valence electrons.